The number of aryl methyl sites for hydroxylation is 1. The molecule has 1 atom stereocenters. The highest BCUT2D eigenvalue weighted by molar-refractivity contribution is 7.17. The SMILES string of the molecule is Cc1cccc(Cl)c1NC(=O)c1cnc(Nc2cncc(N[C@H]3CCCNC3)n2)s1. The normalized spacial score (nSPS) is 16.1. The Morgan fingerprint density at radius 3 is 2.93 bits per heavy atom. The number of nitrogens with zero attached hydrogens (tertiary/aromatic N) is 3. The molecule has 0 radical (unpaired) electrons. The molecule has 10 heteroatoms. The van der Waals surface area contributed by atoms with Crippen molar-refractivity contribution in [3.8, 4) is 0 Å². The second-order valence-electron chi connectivity index (χ2n) is 7.02. The molecular weight excluding hydrogens is 422 g/mol. The van der Waals surface area contributed by atoms with Crippen LogP contribution in [0.15, 0.2) is 36.8 Å². The second-order valence-corrected chi connectivity index (χ2v) is 8.46. The molecule has 2 aromatic heterocycles. The van der Waals surface area contributed by atoms with Gasteiger partial charge in [-0.15, -0.1) is 0 Å². The minimum atomic E-state index is -0.261. The number of aromatic nitrogens is 3. The van der Waals surface area contributed by atoms with E-state index in [4.69, 9.17) is 11.6 Å². The number of rotatable bonds is 6. The number of carbonyl (C=O) groups excluding carboxylic acids is 1. The number of carbonyl (C=O) groups is 1. The van der Waals surface area contributed by atoms with E-state index in [1.807, 2.05) is 19.1 Å². The third-order valence-electron chi connectivity index (χ3n) is 4.71. The van der Waals surface area contributed by atoms with Gasteiger partial charge in [0.1, 0.15) is 10.7 Å². The first-order chi connectivity index (χ1) is 14.6. The van der Waals surface area contributed by atoms with E-state index in [0.717, 1.165) is 31.5 Å². The van der Waals surface area contributed by atoms with Crippen molar-refractivity contribution in [3.63, 3.8) is 0 Å². The fourth-order valence-electron chi connectivity index (χ4n) is 3.19. The van der Waals surface area contributed by atoms with Gasteiger partial charge in [0.2, 0.25) is 0 Å². The maximum absolute atomic E-state index is 12.6. The monoisotopic (exact) mass is 443 g/mol. The first kappa shape index (κ1) is 20.5. The fraction of sp³-hybridized carbons (Fsp3) is 0.300. The quantitative estimate of drug-likeness (QED) is 0.455. The third-order valence-corrected chi connectivity index (χ3v) is 5.93. The first-order valence-corrected chi connectivity index (χ1v) is 10.9. The molecule has 156 valence electrons. The second kappa shape index (κ2) is 9.38. The van der Waals surface area contributed by atoms with Gasteiger partial charge in [-0.25, -0.2) is 9.97 Å². The van der Waals surface area contributed by atoms with Gasteiger partial charge in [0.15, 0.2) is 10.9 Å². The van der Waals surface area contributed by atoms with Crippen molar-refractivity contribution in [3.05, 3.63) is 52.3 Å². The Balaban J connectivity index is 1.40. The van der Waals surface area contributed by atoms with Crippen LogP contribution in [-0.4, -0.2) is 40.0 Å². The lowest BCUT2D eigenvalue weighted by atomic mass is 10.1. The molecule has 0 unspecified atom stereocenters. The Labute approximate surface area is 183 Å². The summed E-state index contributed by atoms with van der Waals surface area (Å²) in [6.45, 7) is 3.86. The van der Waals surface area contributed by atoms with Crippen molar-refractivity contribution >= 4 is 51.3 Å². The highest BCUT2D eigenvalue weighted by Crippen LogP contribution is 2.28. The summed E-state index contributed by atoms with van der Waals surface area (Å²) < 4.78 is 0. The largest absolute Gasteiger partial charge is 0.365 e. The number of anilines is 4. The summed E-state index contributed by atoms with van der Waals surface area (Å²) in [5, 5.41) is 13.8. The van der Waals surface area contributed by atoms with Crippen LogP contribution in [0, 0.1) is 6.92 Å². The molecule has 0 spiro atoms. The summed E-state index contributed by atoms with van der Waals surface area (Å²) in [4.78, 5) is 26.1. The van der Waals surface area contributed by atoms with Crippen LogP contribution < -0.4 is 21.3 Å². The van der Waals surface area contributed by atoms with Gasteiger partial charge in [0, 0.05) is 12.6 Å². The zero-order valence-corrected chi connectivity index (χ0v) is 18.0. The summed E-state index contributed by atoms with van der Waals surface area (Å²) in [5.41, 5.74) is 1.50. The zero-order chi connectivity index (χ0) is 20.9. The Morgan fingerprint density at radius 2 is 2.13 bits per heavy atom. The molecule has 3 heterocycles. The van der Waals surface area contributed by atoms with Crippen LogP contribution in [0.25, 0.3) is 0 Å². The zero-order valence-electron chi connectivity index (χ0n) is 16.4. The topological polar surface area (TPSA) is 104 Å². The maximum atomic E-state index is 12.6. The van der Waals surface area contributed by atoms with E-state index in [1.54, 1.807) is 18.5 Å². The molecular formula is C20H22ClN7OS. The Hall–Kier alpha value is -2.75. The smallest absolute Gasteiger partial charge is 0.267 e. The number of hydrogen-bond donors (Lipinski definition) is 4. The van der Waals surface area contributed by atoms with Gasteiger partial charge in [0.25, 0.3) is 5.91 Å². The predicted octanol–water partition coefficient (Wildman–Crippen LogP) is 4.05. The molecule has 1 aromatic carbocycles. The number of nitrogens with one attached hydrogen (secondary N) is 4. The lowest BCUT2D eigenvalue weighted by Gasteiger charge is -2.24. The van der Waals surface area contributed by atoms with Gasteiger partial charge in [-0.3, -0.25) is 9.78 Å². The lowest BCUT2D eigenvalue weighted by Crippen LogP contribution is -2.38. The molecule has 1 saturated heterocycles. The van der Waals surface area contributed by atoms with Crippen LogP contribution in [0.5, 0.6) is 0 Å². The molecule has 30 heavy (non-hydrogen) atoms. The van der Waals surface area contributed by atoms with Crippen molar-refractivity contribution in [1.82, 2.24) is 20.3 Å². The summed E-state index contributed by atoms with van der Waals surface area (Å²) in [7, 11) is 0. The molecule has 0 bridgehead atoms. The van der Waals surface area contributed by atoms with E-state index in [9.17, 15) is 4.79 Å². The number of benzene rings is 1. The molecule has 1 aliphatic rings. The Bertz CT molecular complexity index is 1020. The van der Waals surface area contributed by atoms with Gasteiger partial charge in [-0.2, -0.15) is 0 Å². The molecule has 1 fully saturated rings. The number of hydrogen-bond acceptors (Lipinski definition) is 8. The standard InChI is InChI=1S/C20H22ClN7OS/c1-12-4-2-6-14(21)18(12)28-19(29)15-9-24-20(30-15)27-17-11-23-10-16(26-17)25-13-5-3-7-22-8-13/h2,4,6,9-11,13,22H,3,5,7-8H2,1H3,(H,28,29)(H2,24,25,26,27)/t13-/m0/s1. The highest BCUT2D eigenvalue weighted by atomic mass is 35.5. The molecule has 1 aliphatic heterocycles. The number of thiazole rings is 1. The number of para-hydroxylation sites is 1. The average molecular weight is 444 g/mol. The Morgan fingerprint density at radius 1 is 1.27 bits per heavy atom. The van der Waals surface area contributed by atoms with Crippen molar-refractivity contribution < 1.29 is 4.79 Å². The molecule has 4 rings (SSSR count). The first-order valence-electron chi connectivity index (χ1n) is 9.67. The predicted molar refractivity (Wildman–Crippen MR) is 121 cm³/mol. The molecule has 3 aromatic rings. The van der Waals surface area contributed by atoms with E-state index in [0.29, 0.717) is 38.4 Å². The van der Waals surface area contributed by atoms with Crippen molar-refractivity contribution in [2.75, 3.05) is 29.0 Å². The maximum Gasteiger partial charge on any atom is 0.267 e. The van der Waals surface area contributed by atoms with E-state index in [1.165, 1.54) is 17.5 Å². The molecule has 4 N–H and O–H groups in total. The van der Waals surface area contributed by atoms with Crippen LogP contribution in [0.2, 0.25) is 5.02 Å². The van der Waals surface area contributed by atoms with Crippen molar-refractivity contribution in [2.24, 2.45) is 0 Å². The molecule has 8 nitrogen and oxygen atoms in total. The number of piperidine rings is 1. The lowest BCUT2D eigenvalue weighted by molar-refractivity contribution is 0.103. The van der Waals surface area contributed by atoms with Crippen LogP contribution >= 0.6 is 22.9 Å². The van der Waals surface area contributed by atoms with Gasteiger partial charge in [0.05, 0.1) is 29.3 Å². The fourth-order valence-corrected chi connectivity index (χ4v) is 4.18. The minimum absolute atomic E-state index is 0.261. The minimum Gasteiger partial charge on any atom is -0.365 e. The van der Waals surface area contributed by atoms with Crippen LogP contribution in [0.3, 0.4) is 0 Å². The Kier molecular flexibility index (Phi) is 6.41. The van der Waals surface area contributed by atoms with E-state index >= 15 is 0 Å². The van der Waals surface area contributed by atoms with Crippen LogP contribution in [0.4, 0.5) is 22.5 Å². The average Bonchev–Trinajstić information content (AvgIpc) is 3.20. The summed E-state index contributed by atoms with van der Waals surface area (Å²) in [6, 6.07) is 5.82. The molecule has 1 amide bonds. The summed E-state index contributed by atoms with van der Waals surface area (Å²) in [5.74, 6) is 1.01. The summed E-state index contributed by atoms with van der Waals surface area (Å²) in [6.07, 6.45) is 7.09. The van der Waals surface area contributed by atoms with Crippen LogP contribution in [-0.2, 0) is 0 Å². The summed E-state index contributed by atoms with van der Waals surface area (Å²) >= 11 is 7.43. The van der Waals surface area contributed by atoms with Gasteiger partial charge < -0.3 is 21.3 Å². The van der Waals surface area contributed by atoms with E-state index in [2.05, 4.69) is 36.2 Å². The number of halogens is 1. The number of amides is 1. The van der Waals surface area contributed by atoms with E-state index < -0.39 is 0 Å². The van der Waals surface area contributed by atoms with Crippen LogP contribution in [0.1, 0.15) is 28.1 Å². The highest BCUT2D eigenvalue weighted by Gasteiger charge is 2.15. The van der Waals surface area contributed by atoms with Gasteiger partial charge in [-0.05, 0) is 37.9 Å². The van der Waals surface area contributed by atoms with Crippen molar-refractivity contribution in [1.29, 1.82) is 0 Å². The van der Waals surface area contributed by atoms with E-state index in [-0.39, 0.29) is 5.91 Å². The van der Waals surface area contributed by atoms with Gasteiger partial charge in [-0.1, -0.05) is 35.1 Å². The van der Waals surface area contributed by atoms with Gasteiger partial charge >= 0.3 is 0 Å². The molecule has 0 aliphatic carbocycles. The molecule has 0 saturated carbocycles. The van der Waals surface area contributed by atoms with Crippen molar-refractivity contribution in [2.45, 2.75) is 25.8 Å². The third kappa shape index (κ3) is 5.05.